The minimum Gasteiger partial charge on any atom is -0.308 e. The maximum Gasteiger partial charge on any atom is 0.166 e. The first-order valence-electron chi connectivity index (χ1n) is 19.9. The zero-order valence-corrected chi connectivity index (χ0v) is 33.1. The van der Waals surface area contributed by atoms with Crippen molar-refractivity contribution in [3.63, 3.8) is 0 Å². The Morgan fingerprint density at radius 3 is 1.39 bits per heavy atom. The minimum absolute atomic E-state index is 0.0525. The van der Waals surface area contributed by atoms with E-state index in [1.165, 1.54) is 16.3 Å². The second-order valence-electron chi connectivity index (χ2n) is 15.8. The standard InChI is InChI=1S/C53H40N6/c1-53(2,3)40-29-30-42-41-26-16-17-27-46(41)59(48(42)33-40)47-31-28-39(51-54-44(35-18-8-4-9-19-35)34-45(55-51)36-20-10-5-11-21-36)32-43(47)52-57-49(37-22-12-6-13-23-37)56-50(58-52)38-24-14-7-15-25-38/h4-34H,1-3H3. The molecule has 3 heterocycles. The lowest BCUT2D eigenvalue weighted by Crippen LogP contribution is -2.11. The van der Waals surface area contributed by atoms with Crippen LogP contribution in [0.5, 0.6) is 0 Å². The third-order valence-electron chi connectivity index (χ3n) is 10.8. The summed E-state index contributed by atoms with van der Waals surface area (Å²) in [7, 11) is 0. The van der Waals surface area contributed by atoms with Gasteiger partial charge in [-0.2, -0.15) is 0 Å². The Labute approximate surface area is 343 Å². The molecule has 0 fully saturated rings. The van der Waals surface area contributed by atoms with Gasteiger partial charge in [0.2, 0.25) is 0 Å². The first-order valence-corrected chi connectivity index (χ1v) is 19.9. The van der Waals surface area contributed by atoms with Gasteiger partial charge in [-0.3, -0.25) is 0 Å². The molecule has 0 aliphatic rings. The van der Waals surface area contributed by atoms with Crippen molar-refractivity contribution in [2.24, 2.45) is 0 Å². The van der Waals surface area contributed by atoms with E-state index in [0.29, 0.717) is 23.3 Å². The Hall–Kier alpha value is -7.57. The molecule has 6 nitrogen and oxygen atoms in total. The van der Waals surface area contributed by atoms with E-state index in [9.17, 15) is 0 Å². The topological polar surface area (TPSA) is 69.4 Å². The molecule has 282 valence electrons. The maximum atomic E-state index is 5.28. The van der Waals surface area contributed by atoms with Crippen molar-refractivity contribution in [2.45, 2.75) is 26.2 Å². The summed E-state index contributed by atoms with van der Waals surface area (Å²) in [4.78, 5) is 26.0. The zero-order valence-electron chi connectivity index (χ0n) is 33.1. The smallest absolute Gasteiger partial charge is 0.166 e. The van der Waals surface area contributed by atoms with E-state index in [-0.39, 0.29) is 5.41 Å². The highest BCUT2D eigenvalue weighted by molar-refractivity contribution is 6.10. The lowest BCUT2D eigenvalue weighted by molar-refractivity contribution is 0.591. The van der Waals surface area contributed by atoms with Crippen LogP contribution in [0, 0.1) is 0 Å². The Bertz CT molecular complexity index is 3000. The van der Waals surface area contributed by atoms with Crippen LogP contribution >= 0.6 is 0 Å². The van der Waals surface area contributed by atoms with Gasteiger partial charge in [0, 0.05) is 44.2 Å². The summed E-state index contributed by atoms with van der Waals surface area (Å²) in [5.41, 5.74) is 11.6. The fraction of sp³-hybridized carbons (Fsp3) is 0.0755. The molecule has 0 saturated carbocycles. The van der Waals surface area contributed by atoms with Gasteiger partial charge in [0.15, 0.2) is 23.3 Å². The second-order valence-corrected chi connectivity index (χ2v) is 15.8. The van der Waals surface area contributed by atoms with Gasteiger partial charge in [-0.1, -0.05) is 172 Å². The Balaban J connectivity index is 1.28. The second kappa shape index (κ2) is 14.7. The molecular weight excluding hydrogens is 721 g/mol. The summed E-state index contributed by atoms with van der Waals surface area (Å²) >= 11 is 0. The van der Waals surface area contributed by atoms with E-state index in [2.05, 4.69) is 116 Å². The van der Waals surface area contributed by atoms with Crippen molar-refractivity contribution in [1.29, 1.82) is 0 Å². The molecule has 10 rings (SSSR count). The molecule has 10 aromatic rings. The largest absolute Gasteiger partial charge is 0.308 e. The first-order chi connectivity index (χ1) is 28.9. The van der Waals surface area contributed by atoms with Crippen LogP contribution in [-0.2, 0) is 5.41 Å². The number of rotatable bonds is 7. The molecule has 0 aliphatic carbocycles. The van der Waals surface area contributed by atoms with Crippen molar-refractivity contribution in [1.82, 2.24) is 29.5 Å². The van der Waals surface area contributed by atoms with Gasteiger partial charge in [-0.25, -0.2) is 24.9 Å². The van der Waals surface area contributed by atoms with Gasteiger partial charge in [-0.15, -0.1) is 0 Å². The minimum atomic E-state index is -0.0525. The monoisotopic (exact) mass is 760 g/mol. The number of hydrogen-bond acceptors (Lipinski definition) is 5. The molecular formula is C53H40N6. The summed E-state index contributed by atoms with van der Waals surface area (Å²) in [6.07, 6.45) is 0. The normalized spacial score (nSPS) is 11.6. The summed E-state index contributed by atoms with van der Waals surface area (Å²) in [5, 5.41) is 2.36. The number of benzene rings is 7. The van der Waals surface area contributed by atoms with Crippen LogP contribution in [0.4, 0.5) is 0 Å². The van der Waals surface area contributed by atoms with Crippen LogP contribution in [0.2, 0.25) is 0 Å². The van der Waals surface area contributed by atoms with Crippen molar-refractivity contribution < 1.29 is 0 Å². The number of para-hydroxylation sites is 1. The highest BCUT2D eigenvalue weighted by atomic mass is 15.1. The van der Waals surface area contributed by atoms with Crippen molar-refractivity contribution in [3.05, 3.63) is 194 Å². The van der Waals surface area contributed by atoms with E-state index < -0.39 is 0 Å². The predicted molar refractivity (Wildman–Crippen MR) is 241 cm³/mol. The molecule has 0 N–H and O–H groups in total. The quantitative estimate of drug-likeness (QED) is 0.162. The molecule has 7 aromatic carbocycles. The summed E-state index contributed by atoms with van der Waals surface area (Å²) in [5.74, 6) is 2.35. The molecule has 0 aliphatic heterocycles. The van der Waals surface area contributed by atoms with Gasteiger partial charge in [-0.05, 0) is 47.4 Å². The van der Waals surface area contributed by atoms with Crippen LogP contribution in [0.3, 0.4) is 0 Å². The van der Waals surface area contributed by atoms with Crippen molar-refractivity contribution in [3.8, 4) is 73.8 Å². The average Bonchev–Trinajstić information content (AvgIpc) is 3.63. The van der Waals surface area contributed by atoms with Gasteiger partial charge in [0.25, 0.3) is 0 Å². The fourth-order valence-electron chi connectivity index (χ4n) is 7.76. The molecule has 0 radical (unpaired) electrons. The molecule has 0 unspecified atom stereocenters. The average molecular weight is 761 g/mol. The Morgan fingerprint density at radius 2 is 0.831 bits per heavy atom. The number of aromatic nitrogens is 6. The van der Waals surface area contributed by atoms with E-state index in [1.807, 2.05) is 97.1 Å². The summed E-state index contributed by atoms with van der Waals surface area (Å²) in [6.45, 7) is 6.78. The Kier molecular flexibility index (Phi) is 8.95. The molecule has 59 heavy (non-hydrogen) atoms. The third-order valence-corrected chi connectivity index (χ3v) is 10.8. The van der Waals surface area contributed by atoms with E-state index >= 15 is 0 Å². The number of hydrogen-bond donors (Lipinski definition) is 0. The maximum absolute atomic E-state index is 5.28. The molecule has 0 bridgehead atoms. The van der Waals surface area contributed by atoms with Gasteiger partial charge in [0.05, 0.1) is 28.1 Å². The van der Waals surface area contributed by atoms with Crippen molar-refractivity contribution >= 4 is 21.8 Å². The van der Waals surface area contributed by atoms with Gasteiger partial charge < -0.3 is 4.57 Å². The molecule has 0 atom stereocenters. The Morgan fingerprint density at radius 1 is 0.356 bits per heavy atom. The lowest BCUT2D eigenvalue weighted by atomic mass is 9.86. The fourth-order valence-corrected chi connectivity index (χ4v) is 7.76. The number of fused-ring (bicyclic) bond motifs is 3. The first kappa shape index (κ1) is 35.8. The van der Waals surface area contributed by atoms with Crippen LogP contribution in [0.1, 0.15) is 26.3 Å². The highest BCUT2D eigenvalue weighted by Crippen LogP contribution is 2.40. The van der Waals surface area contributed by atoms with Crippen molar-refractivity contribution in [2.75, 3.05) is 0 Å². The van der Waals surface area contributed by atoms with Crippen LogP contribution < -0.4 is 0 Å². The predicted octanol–water partition coefficient (Wildman–Crippen LogP) is 13.1. The number of nitrogens with zero attached hydrogens (tertiary/aromatic N) is 6. The van der Waals surface area contributed by atoms with Crippen LogP contribution in [0.25, 0.3) is 95.6 Å². The highest BCUT2D eigenvalue weighted by Gasteiger charge is 2.23. The molecule has 0 amide bonds. The SMILES string of the molecule is CC(C)(C)c1ccc2c3ccccc3n(-c3ccc(-c4nc(-c5ccccc5)cc(-c5ccccc5)n4)cc3-c3nc(-c4ccccc4)nc(-c4ccccc4)n3)c2c1. The van der Waals surface area contributed by atoms with Gasteiger partial charge >= 0.3 is 0 Å². The summed E-state index contributed by atoms with van der Waals surface area (Å²) in [6, 6.07) is 64.8. The van der Waals surface area contributed by atoms with Gasteiger partial charge in [0.1, 0.15) is 0 Å². The lowest BCUT2D eigenvalue weighted by Gasteiger charge is -2.20. The third kappa shape index (κ3) is 6.85. The molecule has 3 aromatic heterocycles. The van der Waals surface area contributed by atoms with E-state index in [1.54, 1.807) is 0 Å². The van der Waals surface area contributed by atoms with Crippen LogP contribution in [0.15, 0.2) is 188 Å². The molecule has 0 spiro atoms. The van der Waals surface area contributed by atoms with E-state index in [0.717, 1.165) is 61.5 Å². The summed E-state index contributed by atoms with van der Waals surface area (Å²) < 4.78 is 2.36. The van der Waals surface area contributed by atoms with Crippen LogP contribution in [-0.4, -0.2) is 29.5 Å². The molecule has 6 heteroatoms. The zero-order chi connectivity index (χ0) is 39.9. The van der Waals surface area contributed by atoms with E-state index in [4.69, 9.17) is 24.9 Å². The molecule has 0 saturated heterocycles.